The van der Waals surface area contributed by atoms with Crippen LogP contribution in [0.3, 0.4) is 0 Å². The summed E-state index contributed by atoms with van der Waals surface area (Å²) in [5.74, 6) is 0. The van der Waals surface area contributed by atoms with Gasteiger partial charge in [0.2, 0.25) is 0 Å². The first-order chi connectivity index (χ1) is 9.22. The van der Waals surface area contributed by atoms with E-state index in [1.807, 2.05) is 18.2 Å². The zero-order valence-corrected chi connectivity index (χ0v) is 12.9. The summed E-state index contributed by atoms with van der Waals surface area (Å²) in [4.78, 5) is 2.51. The second-order valence-corrected chi connectivity index (χ2v) is 5.87. The van der Waals surface area contributed by atoms with Crippen LogP contribution in [0.2, 0.25) is 0 Å². The number of hydrogen-bond donors (Lipinski definition) is 1. The molecule has 102 valence electrons. The lowest BCUT2D eigenvalue weighted by atomic mass is 10.1. The summed E-state index contributed by atoms with van der Waals surface area (Å²) in [7, 11) is 0. The minimum atomic E-state index is 0.529. The molecule has 0 spiro atoms. The van der Waals surface area contributed by atoms with Gasteiger partial charge in [-0.3, -0.25) is 0 Å². The normalized spacial score (nSPS) is 20.6. The van der Waals surface area contributed by atoms with Gasteiger partial charge in [0.25, 0.3) is 0 Å². The number of likely N-dealkylation sites (tertiary alicyclic amines) is 1. The molecule has 0 aliphatic carbocycles. The fourth-order valence-electron chi connectivity index (χ4n) is 2.54. The fraction of sp³-hybridized carbons (Fsp3) is 0.533. The summed E-state index contributed by atoms with van der Waals surface area (Å²) in [5, 5.41) is 12.5. The Balaban J connectivity index is 1.99. The molecule has 1 unspecified atom stereocenters. The Bertz CT molecular complexity index is 467. The van der Waals surface area contributed by atoms with Crippen LogP contribution in [-0.4, -0.2) is 30.6 Å². The number of nitrogens with one attached hydrogen (secondary N) is 1. The van der Waals surface area contributed by atoms with Crippen molar-refractivity contribution in [3.8, 4) is 6.07 Å². The minimum Gasteiger partial charge on any atom is -0.381 e. The van der Waals surface area contributed by atoms with Gasteiger partial charge in [0.05, 0.1) is 11.6 Å². The van der Waals surface area contributed by atoms with Crippen LogP contribution in [0.5, 0.6) is 0 Å². The molecule has 1 aromatic rings. The number of nitrogens with zero attached hydrogens (tertiary/aromatic N) is 2. The molecule has 1 aromatic carbocycles. The largest absolute Gasteiger partial charge is 0.381 e. The average Bonchev–Trinajstić information content (AvgIpc) is 2.66. The van der Waals surface area contributed by atoms with Crippen molar-refractivity contribution in [2.45, 2.75) is 32.2 Å². The van der Waals surface area contributed by atoms with Gasteiger partial charge < -0.3 is 10.2 Å². The van der Waals surface area contributed by atoms with Gasteiger partial charge in [-0.25, -0.2) is 0 Å². The van der Waals surface area contributed by atoms with Crippen LogP contribution in [0.4, 0.5) is 5.69 Å². The van der Waals surface area contributed by atoms with E-state index in [0.717, 1.165) is 16.7 Å². The third kappa shape index (κ3) is 3.95. The molecule has 1 heterocycles. The molecule has 0 amide bonds. The summed E-state index contributed by atoms with van der Waals surface area (Å²) in [6.45, 7) is 5.75. The molecule has 1 N–H and O–H groups in total. The lowest BCUT2D eigenvalue weighted by Crippen LogP contribution is -2.26. The third-order valence-corrected chi connectivity index (χ3v) is 4.38. The van der Waals surface area contributed by atoms with Crippen LogP contribution >= 0.6 is 15.9 Å². The summed E-state index contributed by atoms with van der Waals surface area (Å²) in [6, 6.07) is 8.41. The summed E-state index contributed by atoms with van der Waals surface area (Å²) in [5.41, 5.74) is 1.78. The Labute approximate surface area is 123 Å². The molecular formula is C15H20BrN3. The van der Waals surface area contributed by atoms with Gasteiger partial charge in [-0.2, -0.15) is 5.26 Å². The minimum absolute atomic E-state index is 0.529. The predicted molar refractivity (Wildman–Crippen MR) is 82.2 cm³/mol. The van der Waals surface area contributed by atoms with Crippen molar-refractivity contribution in [2.75, 3.05) is 25.0 Å². The number of anilines is 1. The van der Waals surface area contributed by atoms with E-state index in [2.05, 4.69) is 39.1 Å². The quantitative estimate of drug-likeness (QED) is 0.924. The van der Waals surface area contributed by atoms with Crippen LogP contribution in [-0.2, 0) is 0 Å². The Morgan fingerprint density at radius 1 is 1.42 bits per heavy atom. The highest BCUT2D eigenvalue weighted by atomic mass is 79.9. The van der Waals surface area contributed by atoms with Crippen molar-refractivity contribution >= 4 is 21.6 Å². The second-order valence-electron chi connectivity index (χ2n) is 5.01. The number of halogens is 1. The first-order valence-electron chi connectivity index (χ1n) is 6.91. The van der Waals surface area contributed by atoms with Crippen LogP contribution in [0.15, 0.2) is 22.7 Å². The predicted octanol–water partition coefficient (Wildman–Crippen LogP) is 3.61. The zero-order valence-electron chi connectivity index (χ0n) is 11.3. The van der Waals surface area contributed by atoms with Crippen molar-refractivity contribution in [1.82, 2.24) is 4.90 Å². The average molecular weight is 322 g/mol. The van der Waals surface area contributed by atoms with Gasteiger partial charge in [-0.1, -0.05) is 6.92 Å². The number of nitriles is 1. The summed E-state index contributed by atoms with van der Waals surface area (Å²) >= 11 is 3.54. The fourth-order valence-corrected chi connectivity index (χ4v) is 3.03. The molecule has 3 nitrogen and oxygen atoms in total. The summed E-state index contributed by atoms with van der Waals surface area (Å²) in [6.07, 6.45) is 3.64. The second kappa shape index (κ2) is 6.93. The molecule has 4 heteroatoms. The molecule has 1 aliphatic rings. The highest BCUT2D eigenvalue weighted by Gasteiger charge is 2.16. The van der Waals surface area contributed by atoms with Crippen LogP contribution in [0, 0.1) is 11.3 Å². The van der Waals surface area contributed by atoms with Crippen molar-refractivity contribution in [3.05, 3.63) is 28.2 Å². The number of hydrogen-bond acceptors (Lipinski definition) is 3. The van der Waals surface area contributed by atoms with E-state index >= 15 is 0 Å². The van der Waals surface area contributed by atoms with Gasteiger partial charge in [-0.05, 0) is 66.5 Å². The van der Waals surface area contributed by atoms with Gasteiger partial charge in [0, 0.05) is 22.7 Å². The van der Waals surface area contributed by atoms with Crippen molar-refractivity contribution in [3.63, 3.8) is 0 Å². The van der Waals surface area contributed by atoms with E-state index in [0.29, 0.717) is 11.6 Å². The monoisotopic (exact) mass is 321 g/mol. The van der Waals surface area contributed by atoms with E-state index in [1.54, 1.807) is 0 Å². The van der Waals surface area contributed by atoms with Crippen LogP contribution in [0.25, 0.3) is 0 Å². The maximum absolute atomic E-state index is 8.87. The van der Waals surface area contributed by atoms with Gasteiger partial charge in [0.1, 0.15) is 0 Å². The van der Waals surface area contributed by atoms with E-state index in [-0.39, 0.29) is 0 Å². The Morgan fingerprint density at radius 3 is 2.95 bits per heavy atom. The number of rotatable bonds is 3. The first-order valence-corrected chi connectivity index (χ1v) is 7.70. The lowest BCUT2D eigenvalue weighted by Gasteiger charge is -2.20. The highest BCUT2D eigenvalue weighted by Crippen LogP contribution is 2.26. The van der Waals surface area contributed by atoms with Crippen molar-refractivity contribution < 1.29 is 0 Å². The van der Waals surface area contributed by atoms with Crippen LogP contribution in [0.1, 0.15) is 31.7 Å². The molecule has 2 rings (SSSR count). The standard InChI is InChI=1S/C15H20BrN3/c1-2-19-8-3-4-13(7-9-19)18-15-6-5-12(11-17)10-14(15)16/h5-6,10,13,18H,2-4,7-9H2,1H3. The molecule has 19 heavy (non-hydrogen) atoms. The van der Waals surface area contributed by atoms with Gasteiger partial charge >= 0.3 is 0 Å². The molecule has 1 aliphatic heterocycles. The van der Waals surface area contributed by atoms with Crippen LogP contribution < -0.4 is 5.32 Å². The maximum Gasteiger partial charge on any atom is 0.0992 e. The first kappa shape index (κ1) is 14.4. The SMILES string of the molecule is CCN1CCCC(Nc2ccc(C#N)cc2Br)CC1. The van der Waals surface area contributed by atoms with E-state index in [4.69, 9.17) is 5.26 Å². The number of benzene rings is 1. The van der Waals surface area contributed by atoms with Crippen molar-refractivity contribution in [1.29, 1.82) is 5.26 Å². The Hall–Kier alpha value is -1.05. The summed E-state index contributed by atoms with van der Waals surface area (Å²) < 4.78 is 0.975. The van der Waals surface area contributed by atoms with E-state index in [9.17, 15) is 0 Å². The molecule has 1 fully saturated rings. The van der Waals surface area contributed by atoms with Gasteiger partial charge in [0.15, 0.2) is 0 Å². The van der Waals surface area contributed by atoms with E-state index < -0.39 is 0 Å². The Morgan fingerprint density at radius 2 is 2.26 bits per heavy atom. The van der Waals surface area contributed by atoms with Gasteiger partial charge in [-0.15, -0.1) is 0 Å². The van der Waals surface area contributed by atoms with E-state index in [1.165, 1.54) is 32.4 Å². The Kier molecular flexibility index (Phi) is 5.24. The molecule has 1 atom stereocenters. The molecule has 0 bridgehead atoms. The highest BCUT2D eigenvalue weighted by molar-refractivity contribution is 9.10. The smallest absolute Gasteiger partial charge is 0.0992 e. The molecule has 0 aromatic heterocycles. The topological polar surface area (TPSA) is 39.1 Å². The molecule has 0 saturated carbocycles. The lowest BCUT2D eigenvalue weighted by molar-refractivity contribution is 0.300. The van der Waals surface area contributed by atoms with Crippen molar-refractivity contribution in [2.24, 2.45) is 0 Å². The maximum atomic E-state index is 8.87. The zero-order chi connectivity index (χ0) is 13.7. The molecular weight excluding hydrogens is 302 g/mol. The molecule has 1 saturated heterocycles. The molecule has 0 radical (unpaired) electrons. The third-order valence-electron chi connectivity index (χ3n) is 3.73.